The van der Waals surface area contributed by atoms with E-state index in [0.717, 1.165) is 5.56 Å². The minimum absolute atomic E-state index is 0.244. The minimum Gasteiger partial charge on any atom is -0.322 e. The molecule has 0 aromatic heterocycles. The van der Waals surface area contributed by atoms with Crippen molar-refractivity contribution in [2.24, 2.45) is 0 Å². The zero-order chi connectivity index (χ0) is 14.0. The Morgan fingerprint density at radius 3 is 2.53 bits per heavy atom. The Balaban J connectivity index is 2.28. The molecule has 0 spiro atoms. The lowest BCUT2D eigenvalue weighted by atomic mass is 10.1. The van der Waals surface area contributed by atoms with Crippen molar-refractivity contribution in [1.29, 1.82) is 0 Å². The molecular formula is C14H10Cl3NO. The first kappa shape index (κ1) is 14.2. The molecule has 1 N–H and O–H groups in total. The van der Waals surface area contributed by atoms with E-state index < -0.39 is 0 Å². The van der Waals surface area contributed by atoms with Gasteiger partial charge < -0.3 is 5.32 Å². The van der Waals surface area contributed by atoms with Crippen LogP contribution in [-0.2, 0) is 0 Å². The summed E-state index contributed by atoms with van der Waals surface area (Å²) in [7, 11) is 0. The van der Waals surface area contributed by atoms with E-state index in [2.05, 4.69) is 5.32 Å². The van der Waals surface area contributed by atoms with Crippen LogP contribution in [0, 0.1) is 6.92 Å². The molecule has 0 radical (unpaired) electrons. The molecule has 0 fully saturated rings. The van der Waals surface area contributed by atoms with Gasteiger partial charge in [-0.05, 0) is 42.8 Å². The fourth-order valence-corrected chi connectivity index (χ4v) is 2.25. The normalized spacial score (nSPS) is 10.3. The van der Waals surface area contributed by atoms with Crippen LogP contribution < -0.4 is 5.32 Å². The lowest BCUT2D eigenvalue weighted by Crippen LogP contribution is -2.13. The van der Waals surface area contributed by atoms with Crippen LogP contribution in [0.2, 0.25) is 15.1 Å². The maximum absolute atomic E-state index is 12.1. The average molecular weight is 315 g/mol. The summed E-state index contributed by atoms with van der Waals surface area (Å²) in [5.41, 5.74) is 1.90. The van der Waals surface area contributed by atoms with Crippen molar-refractivity contribution in [2.45, 2.75) is 6.92 Å². The molecule has 0 saturated carbocycles. The minimum atomic E-state index is -0.307. The number of hydrogen-bond acceptors (Lipinski definition) is 1. The molecule has 19 heavy (non-hydrogen) atoms. The first-order valence-electron chi connectivity index (χ1n) is 5.50. The van der Waals surface area contributed by atoms with Crippen LogP contribution in [0.25, 0.3) is 0 Å². The number of benzene rings is 2. The van der Waals surface area contributed by atoms with Crippen molar-refractivity contribution >= 4 is 46.4 Å². The zero-order valence-electron chi connectivity index (χ0n) is 10.0. The van der Waals surface area contributed by atoms with Gasteiger partial charge in [0.15, 0.2) is 0 Å². The average Bonchev–Trinajstić information content (AvgIpc) is 2.36. The summed E-state index contributed by atoms with van der Waals surface area (Å²) in [6, 6.07) is 10.2. The highest BCUT2D eigenvalue weighted by Gasteiger charge is 2.13. The Kier molecular flexibility index (Phi) is 4.35. The van der Waals surface area contributed by atoms with E-state index in [1.165, 1.54) is 0 Å². The van der Waals surface area contributed by atoms with Gasteiger partial charge in [-0.3, -0.25) is 4.79 Å². The predicted molar refractivity (Wildman–Crippen MR) is 80.6 cm³/mol. The maximum Gasteiger partial charge on any atom is 0.257 e. The van der Waals surface area contributed by atoms with Crippen molar-refractivity contribution in [2.75, 3.05) is 5.32 Å². The standard InChI is InChI=1S/C14H10Cl3NO/c1-8-7-9(15)5-6-12(8)18-14(19)10-3-2-4-11(16)13(10)17/h2-7H,1H3,(H,18,19). The van der Waals surface area contributed by atoms with E-state index in [4.69, 9.17) is 34.8 Å². The number of anilines is 1. The largest absolute Gasteiger partial charge is 0.322 e. The number of rotatable bonds is 2. The van der Waals surface area contributed by atoms with Crippen LogP contribution in [0.3, 0.4) is 0 Å². The van der Waals surface area contributed by atoms with Crippen molar-refractivity contribution in [3.63, 3.8) is 0 Å². The quantitative estimate of drug-likeness (QED) is 0.810. The Hall–Kier alpha value is -1.22. The molecule has 0 heterocycles. The summed E-state index contributed by atoms with van der Waals surface area (Å²) < 4.78 is 0. The summed E-state index contributed by atoms with van der Waals surface area (Å²) in [5, 5.41) is 4.00. The molecule has 2 aromatic carbocycles. The molecule has 1 amide bonds. The van der Waals surface area contributed by atoms with Gasteiger partial charge in [0.05, 0.1) is 15.6 Å². The summed E-state index contributed by atoms with van der Waals surface area (Å²) in [6.07, 6.45) is 0. The third-order valence-electron chi connectivity index (χ3n) is 2.63. The van der Waals surface area contributed by atoms with Gasteiger partial charge in [0.2, 0.25) is 0 Å². The van der Waals surface area contributed by atoms with E-state index in [1.54, 1.807) is 36.4 Å². The molecule has 0 aliphatic carbocycles. The van der Waals surface area contributed by atoms with E-state index >= 15 is 0 Å². The van der Waals surface area contributed by atoms with Crippen LogP contribution >= 0.6 is 34.8 Å². The third-order valence-corrected chi connectivity index (χ3v) is 3.69. The van der Waals surface area contributed by atoms with E-state index in [1.807, 2.05) is 6.92 Å². The summed E-state index contributed by atoms with van der Waals surface area (Å²) in [5.74, 6) is -0.307. The van der Waals surface area contributed by atoms with Gasteiger partial charge in [-0.1, -0.05) is 40.9 Å². The fourth-order valence-electron chi connectivity index (χ4n) is 1.64. The van der Waals surface area contributed by atoms with Crippen LogP contribution in [-0.4, -0.2) is 5.91 Å². The zero-order valence-corrected chi connectivity index (χ0v) is 12.3. The van der Waals surface area contributed by atoms with Gasteiger partial charge in [0, 0.05) is 10.7 Å². The van der Waals surface area contributed by atoms with E-state index in [-0.39, 0.29) is 10.9 Å². The van der Waals surface area contributed by atoms with Gasteiger partial charge in [-0.25, -0.2) is 0 Å². The van der Waals surface area contributed by atoms with Crippen LogP contribution in [0.4, 0.5) is 5.69 Å². The second-order valence-electron chi connectivity index (χ2n) is 4.01. The lowest BCUT2D eigenvalue weighted by Gasteiger charge is -2.10. The highest BCUT2D eigenvalue weighted by atomic mass is 35.5. The van der Waals surface area contributed by atoms with Crippen LogP contribution in [0.15, 0.2) is 36.4 Å². The molecule has 0 aliphatic heterocycles. The van der Waals surface area contributed by atoms with Crippen molar-refractivity contribution in [3.8, 4) is 0 Å². The van der Waals surface area contributed by atoms with Crippen molar-refractivity contribution < 1.29 is 4.79 Å². The lowest BCUT2D eigenvalue weighted by molar-refractivity contribution is 0.102. The van der Waals surface area contributed by atoms with E-state index in [0.29, 0.717) is 21.3 Å². The first-order valence-corrected chi connectivity index (χ1v) is 6.64. The summed E-state index contributed by atoms with van der Waals surface area (Å²) in [6.45, 7) is 1.86. The SMILES string of the molecule is Cc1cc(Cl)ccc1NC(=O)c1cccc(Cl)c1Cl. The number of amides is 1. The van der Waals surface area contributed by atoms with Gasteiger partial charge >= 0.3 is 0 Å². The number of hydrogen-bond donors (Lipinski definition) is 1. The first-order chi connectivity index (χ1) is 8.99. The topological polar surface area (TPSA) is 29.1 Å². The molecule has 2 rings (SSSR count). The second-order valence-corrected chi connectivity index (χ2v) is 5.24. The second kappa shape index (κ2) is 5.83. The highest BCUT2D eigenvalue weighted by molar-refractivity contribution is 6.44. The molecule has 0 unspecified atom stereocenters. The highest BCUT2D eigenvalue weighted by Crippen LogP contribution is 2.27. The van der Waals surface area contributed by atoms with Gasteiger partial charge in [0.1, 0.15) is 0 Å². The number of carbonyl (C=O) groups is 1. The Morgan fingerprint density at radius 2 is 1.84 bits per heavy atom. The number of halogens is 3. The summed E-state index contributed by atoms with van der Waals surface area (Å²) in [4.78, 5) is 12.1. The molecule has 0 bridgehead atoms. The van der Waals surface area contributed by atoms with E-state index in [9.17, 15) is 4.79 Å². The van der Waals surface area contributed by atoms with Crippen LogP contribution in [0.1, 0.15) is 15.9 Å². The Labute approximate surface area is 126 Å². The molecule has 98 valence electrons. The molecule has 5 heteroatoms. The molecule has 2 nitrogen and oxygen atoms in total. The smallest absolute Gasteiger partial charge is 0.257 e. The number of aryl methyl sites for hydroxylation is 1. The predicted octanol–water partition coefficient (Wildman–Crippen LogP) is 5.21. The molecule has 0 aliphatic rings. The number of carbonyl (C=O) groups excluding carboxylic acids is 1. The monoisotopic (exact) mass is 313 g/mol. The molecule has 0 atom stereocenters. The summed E-state index contributed by atoms with van der Waals surface area (Å²) >= 11 is 17.8. The van der Waals surface area contributed by atoms with Crippen molar-refractivity contribution in [1.82, 2.24) is 0 Å². The molecule has 0 saturated heterocycles. The Bertz CT molecular complexity index is 641. The maximum atomic E-state index is 12.1. The Morgan fingerprint density at radius 1 is 1.11 bits per heavy atom. The van der Waals surface area contributed by atoms with Gasteiger partial charge in [0.25, 0.3) is 5.91 Å². The van der Waals surface area contributed by atoms with Crippen molar-refractivity contribution in [3.05, 3.63) is 62.6 Å². The fraction of sp³-hybridized carbons (Fsp3) is 0.0714. The molecule has 2 aromatic rings. The molecular weight excluding hydrogens is 305 g/mol. The van der Waals surface area contributed by atoms with Gasteiger partial charge in [-0.2, -0.15) is 0 Å². The number of nitrogens with one attached hydrogen (secondary N) is 1. The third kappa shape index (κ3) is 3.21. The van der Waals surface area contributed by atoms with Gasteiger partial charge in [-0.15, -0.1) is 0 Å². The van der Waals surface area contributed by atoms with Crippen LogP contribution in [0.5, 0.6) is 0 Å².